The molecule has 1 aliphatic heterocycles. The standard InChI is InChI=1S/C60H98N2.2C6H13.Ni/c1-5-9-13-15-16-17-18-19-20-21-22-23-24-25-26-27-28-29-30-31-32-33-34-35-36-37-40-44-58-57(43-39-14-10-6-2)59(55-49-45-53(46-50-55)41-12-8-4)62(61)60(58)56-51-47-54(48-52-56)42-38-11-7-3;2*1-3-5-6-4-2;/h40,44-52H,5-39,41-43H2,1-4H3;2*1,3-6H2,2H3;/q;2*-1;+2. The summed E-state index contributed by atoms with van der Waals surface area (Å²) in [4.78, 5) is 0. The van der Waals surface area contributed by atoms with Crippen molar-refractivity contribution in [3.8, 4) is 0 Å². The second-order valence-corrected chi connectivity index (χ2v) is 22.5. The van der Waals surface area contributed by atoms with E-state index in [-0.39, 0.29) is 16.5 Å². The van der Waals surface area contributed by atoms with Gasteiger partial charge in [0.25, 0.3) is 0 Å². The number of allylic oxidation sites excluding steroid dienone is 4. The monoisotopic (exact) mass is 1070 g/mol. The van der Waals surface area contributed by atoms with Gasteiger partial charge in [-0.1, -0.05) is 309 Å². The van der Waals surface area contributed by atoms with E-state index in [4.69, 9.17) is 0 Å². The van der Waals surface area contributed by atoms with E-state index < -0.39 is 0 Å². The number of hydrogen-bond acceptors (Lipinski definition) is 0. The van der Waals surface area contributed by atoms with Crippen molar-refractivity contribution < 1.29 is 21.2 Å². The maximum Gasteiger partial charge on any atom is 2.00 e. The summed E-state index contributed by atoms with van der Waals surface area (Å²) in [5, 5.41) is 0. The Morgan fingerprint density at radius 2 is 0.640 bits per heavy atom. The van der Waals surface area contributed by atoms with Crippen LogP contribution in [0.3, 0.4) is 0 Å². The second kappa shape index (κ2) is 55.1. The van der Waals surface area contributed by atoms with E-state index in [2.05, 4.69) is 116 Å². The van der Waals surface area contributed by atoms with E-state index in [1.54, 1.807) is 4.70 Å². The molecule has 2 nitrogen and oxygen atoms in total. The molecule has 0 bridgehead atoms. The molecule has 2 aromatic rings. The summed E-state index contributed by atoms with van der Waals surface area (Å²) in [7, 11) is 0. The fourth-order valence-corrected chi connectivity index (χ4v) is 10.4. The molecule has 0 atom stereocenters. The van der Waals surface area contributed by atoms with Gasteiger partial charge in [-0.15, -0.1) is 0 Å². The fraction of sp³-hybridized carbons (Fsp3) is 0.722. The number of nitrogens with zero attached hydrogens (tertiary/aromatic N) is 2. The Balaban J connectivity index is 0.00000375. The van der Waals surface area contributed by atoms with Gasteiger partial charge in [0, 0.05) is 16.7 Å². The Morgan fingerprint density at radius 3 is 1.00 bits per heavy atom. The summed E-state index contributed by atoms with van der Waals surface area (Å²) in [5.41, 5.74) is 21.6. The second-order valence-electron chi connectivity index (χ2n) is 22.5. The first kappa shape index (κ1) is 72.8. The minimum absolute atomic E-state index is 0. The molecular formula is C72H124N2Ni. The SMILES string of the molecule is CCCCCCCCCCCCCCCCCCCCCCCCCCCC=CC1=C(c2ccc(CCCCC)cc2)[N+](=[N-])C(c2ccc(CCCC)cc2)=C1CCCCCC.[CH2-]CCCCC.[CH2-]CCCCC.[Ni+2]. The molecule has 2 aromatic carbocycles. The first-order chi connectivity index (χ1) is 36.5. The van der Waals surface area contributed by atoms with Gasteiger partial charge in [0.05, 0.1) is 5.57 Å². The van der Waals surface area contributed by atoms with Crippen LogP contribution in [0.4, 0.5) is 0 Å². The van der Waals surface area contributed by atoms with Gasteiger partial charge in [-0.05, 0) is 86.8 Å². The van der Waals surface area contributed by atoms with Gasteiger partial charge in [0.15, 0.2) is 0 Å². The normalized spacial score (nSPS) is 12.3. The molecule has 0 aliphatic carbocycles. The Bertz CT molecular complexity index is 1610. The molecule has 0 saturated carbocycles. The van der Waals surface area contributed by atoms with E-state index in [0.29, 0.717) is 0 Å². The number of rotatable bonds is 47. The van der Waals surface area contributed by atoms with Gasteiger partial charge < -0.3 is 19.4 Å². The molecule has 0 aromatic heterocycles. The quantitative estimate of drug-likeness (QED) is 0.0273. The molecule has 0 saturated heterocycles. The third-order valence-corrected chi connectivity index (χ3v) is 15.4. The molecule has 0 radical (unpaired) electrons. The van der Waals surface area contributed by atoms with Gasteiger partial charge in [-0.3, -0.25) is 0 Å². The maximum atomic E-state index is 12.1. The minimum atomic E-state index is 0. The zero-order valence-corrected chi connectivity index (χ0v) is 51.9. The molecule has 75 heavy (non-hydrogen) atoms. The van der Waals surface area contributed by atoms with Crippen LogP contribution in [-0.4, -0.2) is 4.70 Å². The van der Waals surface area contributed by atoms with Crippen LogP contribution in [0, 0.1) is 13.8 Å². The topological polar surface area (TPSA) is 25.3 Å². The Hall–Kier alpha value is -2.25. The van der Waals surface area contributed by atoms with Crippen LogP contribution in [0.1, 0.15) is 346 Å². The molecular weight excluding hydrogens is 951 g/mol. The van der Waals surface area contributed by atoms with Gasteiger partial charge in [0.2, 0.25) is 11.4 Å². The van der Waals surface area contributed by atoms with E-state index in [0.717, 1.165) is 67.5 Å². The van der Waals surface area contributed by atoms with Crippen molar-refractivity contribution in [1.29, 1.82) is 0 Å². The van der Waals surface area contributed by atoms with Crippen molar-refractivity contribution in [2.24, 2.45) is 0 Å². The van der Waals surface area contributed by atoms with Crippen molar-refractivity contribution >= 4 is 11.4 Å². The van der Waals surface area contributed by atoms with E-state index >= 15 is 0 Å². The van der Waals surface area contributed by atoms with E-state index in [1.807, 2.05) is 0 Å². The van der Waals surface area contributed by atoms with Crippen molar-refractivity contribution in [3.05, 3.63) is 113 Å². The fourth-order valence-electron chi connectivity index (χ4n) is 10.4. The number of hydrogen-bond donors (Lipinski definition) is 0. The molecule has 1 heterocycles. The summed E-state index contributed by atoms with van der Waals surface area (Å²) in [6.45, 7) is 21.0. The average molecular weight is 1080 g/mol. The van der Waals surface area contributed by atoms with Crippen LogP contribution in [0.5, 0.6) is 0 Å². The zero-order valence-electron chi connectivity index (χ0n) is 50.9. The number of aryl methyl sites for hydroxylation is 2. The summed E-state index contributed by atoms with van der Waals surface area (Å²) < 4.78 is 1.54. The van der Waals surface area contributed by atoms with Crippen molar-refractivity contribution in [3.63, 3.8) is 0 Å². The van der Waals surface area contributed by atoms with E-state index in [9.17, 15) is 5.53 Å². The van der Waals surface area contributed by atoms with Gasteiger partial charge in [0.1, 0.15) is 0 Å². The Morgan fingerprint density at radius 1 is 0.347 bits per heavy atom. The summed E-state index contributed by atoms with van der Waals surface area (Å²) in [6, 6.07) is 18.1. The van der Waals surface area contributed by atoms with Crippen LogP contribution in [-0.2, 0) is 29.3 Å². The molecule has 432 valence electrons. The maximum absolute atomic E-state index is 12.1. The summed E-state index contributed by atoms with van der Waals surface area (Å²) >= 11 is 0. The van der Waals surface area contributed by atoms with Crippen LogP contribution in [0.2, 0.25) is 0 Å². The predicted molar refractivity (Wildman–Crippen MR) is 335 cm³/mol. The average Bonchev–Trinajstić information content (AvgIpc) is 3.70. The molecule has 0 amide bonds. The molecule has 0 spiro atoms. The van der Waals surface area contributed by atoms with Crippen LogP contribution >= 0.6 is 0 Å². The minimum Gasteiger partial charge on any atom is -0.493 e. The zero-order chi connectivity index (χ0) is 53.8. The molecule has 1 aliphatic rings. The van der Waals surface area contributed by atoms with Crippen LogP contribution in [0.15, 0.2) is 71.8 Å². The molecule has 3 rings (SSSR count). The van der Waals surface area contributed by atoms with Gasteiger partial charge >= 0.3 is 16.5 Å². The summed E-state index contributed by atoms with van der Waals surface area (Å²) in [6.07, 6.45) is 66.1. The summed E-state index contributed by atoms with van der Waals surface area (Å²) in [5.74, 6) is 0. The largest absolute Gasteiger partial charge is 2.00 e. The number of unbranched alkanes of at least 4 members (excludes halogenated alkanes) is 37. The third-order valence-electron chi connectivity index (χ3n) is 15.4. The van der Waals surface area contributed by atoms with Gasteiger partial charge in [-0.25, -0.2) is 4.70 Å². The Labute approximate surface area is 480 Å². The predicted octanol–water partition coefficient (Wildman–Crippen LogP) is 25.4. The van der Waals surface area contributed by atoms with Crippen molar-refractivity contribution in [2.75, 3.05) is 0 Å². The third kappa shape index (κ3) is 38.1. The van der Waals surface area contributed by atoms with E-state index in [1.165, 1.54) is 273 Å². The Kier molecular flexibility index (Phi) is 53.4. The molecule has 3 heteroatoms. The van der Waals surface area contributed by atoms with Crippen LogP contribution < -0.4 is 0 Å². The molecule has 0 fully saturated rings. The first-order valence-corrected chi connectivity index (χ1v) is 32.9. The van der Waals surface area contributed by atoms with Crippen LogP contribution in [0.25, 0.3) is 16.9 Å². The number of benzene rings is 2. The molecule has 0 unspecified atom stereocenters. The first-order valence-electron chi connectivity index (χ1n) is 32.9. The van der Waals surface area contributed by atoms with Gasteiger partial charge in [-0.2, -0.15) is 12.8 Å². The smallest absolute Gasteiger partial charge is 0.493 e. The van der Waals surface area contributed by atoms with Crippen molar-refractivity contribution in [2.45, 2.75) is 337 Å². The van der Waals surface area contributed by atoms with Crippen molar-refractivity contribution in [1.82, 2.24) is 0 Å². The molecule has 0 N–H and O–H groups in total.